The summed E-state index contributed by atoms with van der Waals surface area (Å²) in [6.07, 6.45) is -2.34. The zero-order valence-electron chi connectivity index (χ0n) is 16.2. The number of anilines is 1. The van der Waals surface area contributed by atoms with Crippen molar-refractivity contribution in [2.24, 2.45) is 16.6 Å². The third-order valence-electron chi connectivity index (χ3n) is 5.13. The summed E-state index contributed by atoms with van der Waals surface area (Å²) < 4.78 is 38.6. The molecule has 0 aromatic heterocycles. The molecule has 4 nitrogen and oxygen atoms in total. The SMILES string of the molecule is CN1CCCC(CN=C(N)Nc2ccccc2)C1c1ccc(C(F)(F)F)cc1.I. The van der Waals surface area contributed by atoms with Crippen molar-refractivity contribution in [1.82, 2.24) is 4.90 Å². The highest BCUT2D eigenvalue weighted by Crippen LogP contribution is 2.37. The summed E-state index contributed by atoms with van der Waals surface area (Å²) in [5, 5.41) is 3.06. The summed E-state index contributed by atoms with van der Waals surface area (Å²) >= 11 is 0. The number of piperidine rings is 1. The first-order chi connectivity index (χ1) is 13.3. The monoisotopic (exact) mass is 518 g/mol. The van der Waals surface area contributed by atoms with Crippen LogP contribution in [0.2, 0.25) is 0 Å². The Morgan fingerprint density at radius 3 is 2.41 bits per heavy atom. The first-order valence-electron chi connectivity index (χ1n) is 9.34. The van der Waals surface area contributed by atoms with Crippen molar-refractivity contribution in [2.75, 3.05) is 25.5 Å². The van der Waals surface area contributed by atoms with Crippen LogP contribution in [0.5, 0.6) is 0 Å². The molecule has 29 heavy (non-hydrogen) atoms. The van der Waals surface area contributed by atoms with Crippen LogP contribution in [0.25, 0.3) is 0 Å². The lowest BCUT2D eigenvalue weighted by Crippen LogP contribution is -2.38. The third-order valence-corrected chi connectivity index (χ3v) is 5.13. The van der Waals surface area contributed by atoms with Gasteiger partial charge in [0.25, 0.3) is 0 Å². The van der Waals surface area contributed by atoms with E-state index in [1.165, 1.54) is 0 Å². The number of aliphatic imine (C=N–C) groups is 1. The lowest BCUT2D eigenvalue weighted by Gasteiger charge is -2.39. The lowest BCUT2D eigenvalue weighted by atomic mass is 9.84. The molecule has 1 aliphatic heterocycles. The van der Waals surface area contributed by atoms with Gasteiger partial charge in [0.15, 0.2) is 5.96 Å². The number of alkyl halides is 3. The highest BCUT2D eigenvalue weighted by molar-refractivity contribution is 14.0. The van der Waals surface area contributed by atoms with Gasteiger partial charge in [-0.2, -0.15) is 13.2 Å². The van der Waals surface area contributed by atoms with E-state index in [1.807, 2.05) is 37.4 Å². The molecule has 0 aliphatic carbocycles. The van der Waals surface area contributed by atoms with Crippen molar-refractivity contribution in [3.05, 3.63) is 65.7 Å². The fraction of sp³-hybridized carbons (Fsp3) is 0.381. The van der Waals surface area contributed by atoms with E-state index in [0.717, 1.165) is 42.8 Å². The van der Waals surface area contributed by atoms with Gasteiger partial charge < -0.3 is 11.1 Å². The molecule has 2 aromatic rings. The summed E-state index contributed by atoms with van der Waals surface area (Å²) in [5.41, 5.74) is 7.13. The second kappa shape index (κ2) is 10.3. The number of nitrogens with one attached hydrogen (secondary N) is 1. The van der Waals surface area contributed by atoms with E-state index in [1.54, 1.807) is 12.1 Å². The Bertz CT molecular complexity index is 794. The van der Waals surface area contributed by atoms with Crippen LogP contribution in [-0.4, -0.2) is 31.0 Å². The second-order valence-corrected chi connectivity index (χ2v) is 7.16. The van der Waals surface area contributed by atoms with Crippen molar-refractivity contribution in [2.45, 2.75) is 25.1 Å². The molecule has 1 heterocycles. The molecule has 0 radical (unpaired) electrons. The summed E-state index contributed by atoms with van der Waals surface area (Å²) in [5.74, 6) is 0.525. The van der Waals surface area contributed by atoms with Crippen LogP contribution in [0, 0.1) is 5.92 Å². The zero-order chi connectivity index (χ0) is 20.1. The Morgan fingerprint density at radius 1 is 1.14 bits per heavy atom. The maximum absolute atomic E-state index is 12.9. The zero-order valence-corrected chi connectivity index (χ0v) is 18.5. The second-order valence-electron chi connectivity index (χ2n) is 7.16. The number of benzene rings is 2. The van der Waals surface area contributed by atoms with Gasteiger partial charge in [0.1, 0.15) is 0 Å². The van der Waals surface area contributed by atoms with Crippen LogP contribution < -0.4 is 11.1 Å². The molecule has 0 amide bonds. The van der Waals surface area contributed by atoms with Crippen LogP contribution in [0.15, 0.2) is 59.6 Å². The number of para-hydroxylation sites is 1. The van der Waals surface area contributed by atoms with Gasteiger partial charge in [-0.3, -0.25) is 9.89 Å². The predicted molar refractivity (Wildman–Crippen MR) is 122 cm³/mol. The quantitative estimate of drug-likeness (QED) is 0.335. The van der Waals surface area contributed by atoms with Gasteiger partial charge >= 0.3 is 6.18 Å². The molecule has 2 unspecified atom stereocenters. The Kier molecular flexibility index (Phi) is 8.33. The van der Waals surface area contributed by atoms with Crippen molar-refractivity contribution in [1.29, 1.82) is 0 Å². The van der Waals surface area contributed by atoms with E-state index in [-0.39, 0.29) is 35.9 Å². The van der Waals surface area contributed by atoms with Crippen LogP contribution >= 0.6 is 24.0 Å². The molecule has 2 atom stereocenters. The fourth-order valence-corrected chi connectivity index (χ4v) is 3.77. The number of nitrogens with two attached hydrogens (primary N) is 1. The molecule has 0 bridgehead atoms. The molecule has 1 fully saturated rings. The first-order valence-corrected chi connectivity index (χ1v) is 9.34. The summed E-state index contributed by atoms with van der Waals surface area (Å²) in [6, 6.07) is 15.0. The van der Waals surface area contributed by atoms with Gasteiger partial charge in [-0.1, -0.05) is 30.3 Å². The van der Waals surface area contributed by atoms with E-state index in [0.29, 0.717) is 12.5 Å². The number of hydrogen-bond donors (Lipinski definition) is 2. The van der Waals surface area contributed by atoms with E-state index < -0.39 is 11.7 Å². The van der Waals surface area contributed by atoms with Gasteiger partial charge in [0.05, 0.1) is 5.56 Å². The maximum atomic E-state index is 12.9. The Morgan fingerprint density at radius 2 is 1.79 bits per heavy atom. The highest BCUT2D eigenvalue weighted by atomic mass is 127. The Balaban J connectivity index is 0.00000300. The van der Waals surface area contributed by atoms with Gasteiger partial charge in [-0.05, 0) is 62.2 Å². The largest absolute Gasteiger partial charge is 0.416 e. The van der Waals surface area contributed by atoms with Crippen molar-refractivity contribution < 1.29 is 13.2 Å². The molecular formula is C21H26F3IN4. The average molecular weight is 518 g/mol. The molecule has 1 aliphatic rings. The normalized spacial score (nSPS) is 20.8. The van der Waals surface area contributed by atoms with E-state index in [2.05, 4.69) is 15.2 Å². The van der Waals surface area contributed by atoms with Crippen molar-refractivity contribution in [3.8, 4) is 0 Å². The minimum Gasteiger partial charge on any atom is -0.370 e. The number of hydrogen-bond acceptors (Lipinski definition) is 2. The van der Waals surface area contributed by atoms with Crippen molar-refractivity contribution >= 4 is 35.6 Å². The molecule has 0 spiro atoms. The van der Waals surface area contributed by atoms with Gasteiger partial charge in [0, 0.05) is 18.3 Å². The number of guanidine groups is 1. The van der Waals surface area contributed by atoms with Crippen LogP contribution in [0.4, 0.5) is 18.9 Å². The lowest BCUT2D eigenvalue weighted by molar-refractivity contribution is -0.137. The van der Waals surface area contributed by atoms with Crippen LogP contribution in [-0.2, 0) is 6.18 Å². The van der Waals surface area contributed by atoms with Crippen LogP contribution in [0.1, 0.15) is 30.0 Å². The molecular weight excluding hydrogens is 492 g/mol. The van der Waals surface area contributed by atoms with Crippen LogP contribution in [0.3, 0.4) is 0 Å². The molecule has 0 saturated carbocycles. The fourth-order valence-electron chi connectivity index (χ4n) is 3.77. The molecule has 8 heteroatoms. The third kappa shape index (κ3) is 6.33. The molecule has 158 valence electrons. The summed E-state index contributed by atoms with van der Waals surface area (Å²) in [4.78, 5) is 6.67. The number of nitrogens with zero attached hydrogens (tertiary/aromatic N) is 2. The predicted octanol–water partition coefficient (Wildman–Crippen LogP) is 5.13. The average Bonchev–Trinajstić information content (AvgIpc) is 2.67. The van der Waals surface area contributed by atoms with Crippen molar-refractivity contribution in [3.63, 3.8) is 0 Å². The van der Waals surface area contributed by atoms with Gasteiger partial charge in [-0.25, -0.2) is 0 Å². The molecule has 3 rings (SSSR count). The van der Waals surface area contributed by atoms with Gasteiger partial charge in [-0.15, -0.1) is 24.0 Å². The molecule has 1 saturated heterocycles. The van der Waals surface area contributed by atoms with E-state index >= 15 is 0 Å². The smallest absolute Gasteiger partial charge is 0.370 e. The Hall–Kier alpha value is -1.81. The number of likely N-dealkylation sites (tertiary alicyclic amines) is 1. The summed E-state index contributed by atoms with van der Waals surface area (Å²) in [7, 11) is 2.00. The van der Waals surface area contributed by atoms with Gasteiger partial charge in [0.2, 0.25) is 0 Å². The minimum absolute atomic E-state index is 0. The maximum Gasteiger partial charge on any atom is 0.416 e. The summed E-state index contributed by atoms with van der Waals surface area (Å²) in [6.45, 7) is 1.42. The molecule has 3 N–H and O–H groups in total. The Labute approximate surface area is 186 Å². The number of halogens is 4. The van der Waals surface area contributed by atoms with E-state index in [9.17, 15) is 13.2 Å². The topological polar surface area (TPSA) is 53.6 Å². The van der Waals surface area contributed by atoms with E-state index in [4.69, 9.17) is 5.73 Å². The standard InChI is InChI=1S/C21H25F3N4.HI/c1-28-13-5-6-16(14-26-20(25)27-18-7-3-2-4-8-18)19(28)15-9-11-17(12-10-15)21(22,23)24;/h2-4,7-12,16,19H,5-6,13-14H2,1H3,(H3,25,26,27);1H. The molecule has 2 aromatic carbocycles. The minimum atomic E-state index is -4.32. The highest BCUT2D eigenvalue weighted by Gasteiger charge is 2.33. The first kappa shape index (κ1) is 23.5. The number of rotatable bonds is 4.